The summed E-state index contributed by atoms with van der Waals surface area (Å²) in [7, 11) is 1.56. The molecule has 28 heavy (non-hydrogen) atoms. The third-order valence-electron chi connectivity index (χ3n) is 4.70. The van der Waals surface area contributed by atoms with Gasteiger partial charge in [-0.25, -0.2) is 4.98 Å². The van der Waals surface area contributed by atoms with Crippen LogP contribution in [0.15, 0.2) is 46.8 Å². The average molecular weight is 396 g/mol. The van der Waals surface area contributed by atoms with Gasteiger partial charge < -0.3 is 10.2 Å². The second-order valence-electron chi connectivity index (χ2n) is 6.96. The number of carbonyl (C=O) groups excluding carboxylic acids is 2. The molecule has 1 N–H and O–H groups in total. The summed E-state index contributed by atoms with van der Waals surface area (Å²) in [6.07, 6.45) is 3.38. The molecule has 1 fully saturated rings. The molecule has 1 aliphatic rings. The molecule has 1 aliphatic carbocycles. The van der Waals surface area contributed by atoms with Gasteiger partial charge in [-0.15, -0.1) is 11.3 Å². The van der Waals surface area contributed by atoms with Crippen molar-refractivity contribution >= 4 is 33.4 Å². The predicted molar refractivity (Wildman–Crippen MR) is 108 cm³/mol. The van der Waals surface area contributed by atoms with E-state index in [1.807, 2.05) is 35.7 Å². The molecule has 0 bridgehead atoms. The van der Waals surface area contributed by atoms with Gasteiger partial charge >= 0.3 is 0 Å². The van der Waals surface area contributed by atoms with Gasteiger partial charge in [0.05, 0.1) is 18.3 Å². The Morgan fingerprint density at radius 2 is 2.04 bits per heavy atom. The maximum atomic E-state index is 13.0. The number of aromatic nitrogens is 2. The largest absolute Gasteiger partial charge is 0.352 e. The average Bonchev–Trinajstić information content (AvgIpc) is 3.39. The van der Waals surface area contributed by atoms with Crippen molar-refractivity contribution in [2.24, 2.45) is 0 Å². The second kappa shape index (κ2) is 7.55. The van der Waals surface area contributed by atoms with Crippen LogP contribution in [0.5, 0.6) is 0 Å². The zero-order valence-corrected chi connectivity index (χ0v) is 16.2. The molecule has 0 unspecified atom stereocenters. The normalized spacial score (nSPS) is 13.5. The fourth-order valence-corrected chi connectivity index (χ4v) is 3.89. The van der Waals surface area contributed by atoms with Gasteiger partial charge in [0.25, 0.3) is 5.56 Å². The number of hydrogen-bond donors (Lipinski definition) is 1. The minimum absolute atomic E-state index is 0.0204. The highest BCUT2D eigenvalue weighted by atomic mass is 32.1. The molecule has 0 atom stereocenters. The number of fused-ring (bicyclic) bond motifs is 1. The van der Waals surface area contributed by atoms with Crippen LogP contribution >= 0.6 is 11.3 Å². The summed E-state index contributed by atoms with van der Waals surface area (Å²) < 4.78 is 1.30. The van der Waals surface area contributed by atoms with E-state index < -0.39 is 0 Å². The van der Waals surface area contributed by atoms with Crippen molar-refractivity contribution in [2.45, 2.75) is 25.4 Å². The highest BCUT2D eigenvalue weighted by Gasteiger charge is 2.24. The molecule has 3 aromatic rings. The number of nitrogens with one attached hydrogen (secondary N) is 1. The first-order chi connectivity index (χ1) is 13.5. The second-order valence-corrected chi connectivity index (χ2v) is 7.82. The van der Waals surface area contributed by atoms with Gasteiger partial charge in [-0.1, -0.05) is 30.3 Å². The van der Waals surface area contributed by atoms with Crippen molar-refractivity contribution < 1.29 is 9.59 Å². The van der Waals surface area contributed by atoms with Gasteiger partial charge in [-0.3, -0.25) is 19.0 Å². The number of carbonyl (C=O) groups is 2. The topological polar surface area (TPSA) is 84.3 Å². The lowest BCUT2D eigenvalue weighted by Crippen LogP contribution is -2.41. The molecule has 2 heterocycles. The summed E-state index contributed by atoms with van der Waals surface area (Å²) in [4.78, 5) is 43.7. The third-order valence-corrected chi connectivity index (χ3v) is 5.59. The van der Waals surface area contributed by atoms with Gasteiger partial charge in [0, 0.05) is 24.0 Å². The number of amides is 2. The monoisotopic (exact) mass is 396 g/mol. The fraction of sp³-hybridized carbons (Fsp3) is 0.300. The molecule has 144 valence electrons. The quantitative estimate of drug-likeness (QED) is 0.689. The molecule has 0 saturated heterocycles. The molecule has 2 amide bonds. The molecule has 0 aliphatic heterocycles. The SMILES string of the molecule is CN(CC(=O)NC1CC1)C(=O)Cn1cnc2scc(-c3ccccc3)c2c1=O. The number of thiophene rings is 1. The van der Waals surface area contributed by atoms with E-state index in [0.717, 1.165) is 24.0 Å². The summed E-state index contributed by atoms with van der Waals surface area (Å²) in [6.45, 7) is -0.174. The minimum atomic E-state index is -0.314. The van der Waals surface area contributed by atoms with Crippen molar-refractivity contribution in [1.29, 1.82) is 0 Å². The predicted octanol–water partition coefficient (Wildman–Crippen LogP) is 1.86. The van der Waals surface area contributed by atoms with Gasteiger partial charge in [0.2, 0.25) is 11.8 Å². The van der Waals surface area contributed by atoms with Crippen molar-refractivity contribution in [3.8, 4) is 11.1 Å². The van der Waals surface area contributed by atoms with E-state index in [-0.39, 0.29) is 36.5 Å². The lowest BCUT2D eigenvalue weighted by molar-refractivity contribution is -0.135. The van der Waals surface area contributed by atoms with E-state index in [9.17, 15) is 14.4 Å². The zero-order chi connectivity index (χ0) is 19.7. The van der Waals surface area contributed by atoms with Crippen LogP contribution in [0.1, 0.15) is 12.8 Å². The first kappa shape index (κ1) is 18.4. The van der Waals surface area contributed by atoms with Crippen molar-refractivity contribution in [2.75, 3.05) is 13.6 Å². The zero-order valence-electron chi connectivity index (χ0n) is 15.4. The molecule has 0 spiro atoms. The van der Waals surface area contributed by atoms with Gasteiger partial charge in [0.15, 0.2) is 0 Å². The van der Waals surface area contributed by atoms with Crippen LogP contribution < -0.4 is 10.9 Å². The number of hydrogen-bond acceptors (Lipinski definition) is 5. The molecule has 7 nitrogen and oxygen atoms in total. The molecule has 0 radical (unpaired) electrons. The van der Waals surface area contributed by atoms with Crippen molar-refractivity contribution in [1.82, 2.24) is 19.8 Å². The van der Waals surface area contributed by atoms with Crippen LogP contribution in [0.25, 0.3) is 21.3 Å². The van der Waals surface area contributed by atoms with Crippen molar-refractivity contribution in [3.05, 3.63) is 52.4 Å². The molecule has 8 heteroatoms. The van der Waals surface area contributed by atoms with E-state index in [0.29, 0.717) is 10.2 Å². The van der Waals surface area contributed by atoms with Gasteiger partial charge in [-0.2, -0.15) is 0 Å². The summed E-state index contributed by atoms with van der Waals surface area (Å²) in [5.41, 5.74) is 1.50. The van der Waals surface area contributed by atoms with E-state index in [4.69, 9.17) is 0 Å². The minimum Gasteiger partial charge on any atom is -0.352 e. The molecule has 4 rings (SSSR count). The van der Waals surface area contributed by atoms with Crippen LogP contribution in [0, 0.1) is 0 Å². The highest BCUT2D eigenvalue weighted by molar-refractivity contribution is 7.17. The maximum absolute atomic E-state index is 13.0. The summed E-state index contributed by atoms with van der Waals surface area (Å²) in [5, 5.41) is 5.27. The van der Waals surface area contributed by atoms with Crippen LogP contribution in [-0.4, -0.2) is 45.9 Å². The van der Waals surface area contributed by atoms with Crippen LogP contribution in [0.4, 0.5) is 0 Å². The number of rotatable bonds is 6. The molecule has 1 aromatic carbocycles. The number of benzene rings is 1. The highest BCUT2D eigenvalue weighted by Crippen LogP contribution is 2.30. The first-order valence-corrected chi connectivity index (χ1v) is 9.96. The molecular weight excluding hydrogens is 376 g/mol. The Kier molecular flexibility index (Phi) is 4.95. The van der Waals surface area contributed by atoms with E-state index in [1.54, 1.807) is 7.05 Å². The van der Waals surface area contributed by atoms with Crippen LogP contribution in [0.2, 0.25) is 0 Å². The van der Waals surface area contributed by atoms with Gasteiger partial charge in [-0.05, 0) is 18.4 Å². The Morgan fingerprint density at radius 1 is 1.29 bits per heavy atom. The first-order valence-electron chi connectivity index (χ1n) is 9.08. The summed E-state index contributed by atoms with van der Waals surface area (Å²) in [5.74, 6) is -0.492. The van der Waals surface area contributed by atoms with Gasteiger partial charge in [0.1, 0.15) is 11.4 Å². The third kappa shape index (κ3) is 3.82. The van der Waals surface area contributed by atoms with E-state index in [1.165, 1.54) is 27.1 Å². The Hall–Kier alpha value is -3.00. The molecule has 1 saturated carbocycles. The maximum Gasteiger partial charge on any atom is 0.263 e. The Balaban J connectivity index is 1.55. The Labute approximate surface area is 165 Å². The summed E-state index contributed by atoms with van der Waals surface area (Å²) in [6, 6.07) is 9.88. The van der Waals surface area contributed by atoms with Crippen molar-refractivity contribution in [3.63, 3.8) is 0 Å². The Morgan fingerprint density at radius 3 is 2.75 bits per heavy atom. The molecular formula is C20H20N4O3S. The Bertz CT molecular complexity index is 1090. The van der Waals surface area contributed by atoms with Crippen LogP contribution in [-0.2, 0) is 16.1 Å². The standard InChI is InChI=1S/C20H20N4O3S/c1-23(9-16(25)22-14-7-8-14)17(26)10-24-12-21-19-18(20(24)27)15(11-28-19)13-5-3-2-4-6-13/h2-6,11-12,14H,7-10H2,1H3,(H,22,25). The van der Waals surface area contributed by atoms with E-state index >= 15 is 0 Å². The molecule has 2 aromatic heterocycles. The lowest BCUT2D eigenvalue weighted by atomic mass is 10.1. The number of nitrogens with zero attached hydrogens (tertiary/aromatic N) is 3. The van der Waals surface area contributed by atoms with E-state index in [2.05, 4.69) is 10.3 Å². The fourth-order valence-electron chi connectivity index (χ4n) is 2.98. The summed E-state index contributed by atoms with van der Waals surface area (Å²) >= 11 is 1.40. The number of likely N-dealkylation sites (N-methyl/N-ethyl adjacent to an activating group) is 1. The smallest absolute Gasteiger partial charge is 0.263 e. The van der Waals surface area contributed by atoms with Crippen LogP contribution in [0.3, 0.4) is 0 Å². The lowest BCUT2D eigenvalue weighted by Gasteiger charge is -2.17.